The van der Waals surface area contributed by atoms with Crippen molar-refractivity contribution >= 4 is 23.5 Å². The van der Waals surface area contributed by atoms with Crippen molar-refractivity contribution in [2.24, 2.45) is 5.16 Å². The second-order valence-electron chi connectivity index (χ2n) is 4.79. The Labute approximate surface area is 132 Å². The highest BCUT2D eigenvalue weighted by atomic mass is 16.6. The molecule has 7 nitrogen and oxygen atoms in total. The third-order valence-corrected chi connectivity index (χ3v) is 2.92. The minimum atomic E-state index is -0.533. The number of benzene rings is 2. The molecule has 118 valence electrons. The van der Waals surface area contributed by atoms with Crippen LogP contribution in [0.5, 0.6) is 0 Å². The van der Waals surface area contributed by atoms with Gasteiger partial charge < -0.3 is 10.2 Å². The smallest absolute Gasteiger partial charge is 0.271 e. The maximum absolute atomic E-state index is 11.6. The summed E-state index contributed by atoms with van der Waals surface area (Å²) >= 11 is 0. The average Bonchev–Trinajstić information content (AvgIpc) is 2.53. The summed E-state index contributed by atoms with van der Waals surface area (Å²) in [5.41, 5.74) is 2.30. The van der Waals surface area contributed by atoms with E-state index >= 15 is 0 Å². The molecule has 0 radical (unpaired) electrons. The summed E-state index contributed by atoms with van der Waals surface area (Å²) in [4.78, 5) is 26.8. The van der Waals surface area contributed by atoms with Crippen molar-refractivity contribution in [3.63, 3.8) is 0 Å². The minimum Gasteiger partial charge on any atom is -0.391 e. The Kier molecular flexibility index (Phi) is 5.40. The van der Waals surface area contributed by atoms with E-state index in [0.717, 1.165) is 17.3 Å². The number of anilines is 1. The predicted octanol–water partition coefficient (Wildman–Crippen LogP) is 3.04. The fourth-order valence-corrected chi connectivity index (χ4v) is 1.75. The zero-order chi connectivity index (χ0) is 16.7. The van der Waals surface area contributed by atoms with Crippen LogP contribution in [0.15, 0.2) is 53.7 Å². The van der Waals surface area contributed by atoms with E-state index in [-0.39, 0.29) is 12.3 Å². The zero-order valence-electron chi connectivity index (χ0n) is 12.4. The van der Waals surface area contributed by atoms with Crippen LogP contribution in [0.4, 0.5) is 11.4 Å². The molecule has 2 aromatic rings. The molecule has 0 atom stereocenters. The van der Waals surface area contributed by atoms with E-state index in [0.29, 0.717) is 5.69 Å². The molecule has 1 N–H and O–H groups in total. The average molecular weight is 313 g/mol. The molecule has 0 aromatic heterocycles. The van der Waals surface area contributed by atoms with Crippen molar-refractivity contribution in [3.05, 3.63) is 69.8 Å². The molecule has 0 heterocycles. The number of aryl methyl sites for hydroxylation is 1. The first-order valence-electron chi connectivity index (χ1n) is 6.81. The second-order valence-corrected chi connectivity index (χ2v) is 4.79. The number of oxime groups is 1. The lowest BCUT2D eigenvalue weighted by molar-refractivity contribution is -0.384. The number of nitrogens with one attached hydrogen (secondary N) is 1. The largest absolute Gasteiger partial charge is 0.391 e. The van der Waals surface area contributed by atoms with E-state index in [1.807, 2.05) is 31.2 Å². The van der Waals surface area contributed by atoms with Gasteiger partial charge in [0.15, 0.2) is 0 Å². The van der Waals surface area contributed by atoms with E-state index in [2.05, 4.69) is 10.5 Å². The first-order valence-corrected chi connectivity index (χ1v) is 6.81. The first kappa shape index (κ1) is 16.2. The Morgan fingerprint density at radius 1 is 1.30 bits per heavy atom. The SMILES string of the molecule is Cc1ccc(CO/N=C\C(=O)Nc2cccc([N+](=O)[O-])c2)cc1. The molecule has 0 aliphatic heterocycles. The Morgan fingerprint density at radius 2 is 2.04 bits per heavy atom. The van der Waals surface area contributed by atoms with Gasteiger partial charge in [-0.1, -0.05) is 41.1 Å². The lowest BCUT2D eigenvalue weighted by atomic mass is 10.2. The lowest BCUT2D eigenvalue weighted by Gasteiger charge is -2.02. The molecule has 23 heavy (non-hydrogen) atoms. The fraction of sp³-hybridized carbons (Fsp3) is 0.125. The highest BCUT2D eigenvalue weighted by molar-refractivity contribution is 6.31. The van der Waals surface area contributed by atoms with Gasteiger partial charge in [-0.2, -0.15) is 0 Å². The number of carbonyl (C=O) groups excluding carboxylic acids is 1. The maximum atomic E-state index is 11.6. The molecule has 0 fully saturated rings. The van der Waals surface area contributed by atoms with Gasteiger partial charge in [-0.3, -0.25) is 14.9 Å². The molecule has 0 aliphatic carbocycles. The number of hydrogen-bond donors (Lipinski definition) is 1. The van der Waals surface area contributed by atoms with Crippen molar-refractivity contribution in [1.29, 1.82) is 0 Å². The van der Waals surface area contributed by atoms with Crippen LogP contribution in [-0.2, 0) is 16.2 Å². The number of nitro benzene ring substituents is 1. The Hall–Kier alpha value is -3.22. The van der Waals surface area contributed by atoms with Crippen molar-refractivity contribution in [2.45, 2.75) is 13.5 Å². The highest BCUT2D eigenvalue weighted by Crippen LogP contribution is 2.16. The van der Waals surface area contributed by atoms with E-state index < -0.39 is 10.8 Å². The van der Waals surface area contributed by atoms with Crippen LogP contribution in [0, 0.1) is 17.0 Å². The lowest BCUT2D eigenvalue weighted by Crippen LogP contribution is -2.12. The quantitative estimate of drug-likeness (QED) is 0.504. The van der Waals surface area contributed by atoms with Crippen LogP contribution in [0.2, 0.25) is 0 Å². The number of amides is 1. The highest BCUT2D eigenvalue weighted by Gasteiger charge is 2.06. The fourth-order valence-electron chi connectivity index (χ4n) is 1.75. The zero-order valence-corrected chi connectivity index (χ0v) is 12.4. The number of rotatable bonds is 6. The Bertz CT molecular complexity index is 726. The van der Waals surface area contributed by atoms with Gasteiger partial charge in [0.2, 0.25) is 0 Å². The van der Waals surface area contributed by atoms with E-state index in [4.69, 9.17) is 4.84 Å². The molecule has 0 saturated heterocycles. The van der Waals surface area contributed by atoms with Gasteiger partial charge in [-0.05, 0) is 18.6 Å². The summed E-state index contributed by atoms with van der Waals surface area (Å²) in [6, 6.07) is 13.4. The molecule has 0 aliphatic rings. The number of nitrogens with zero attached hydrogens (tertiary/aromatic N) is 2. The van der Waals surface area contributed by atoms with Crippen molar-refractivity contribution in [2.75, 3.05) is 5.32 Å². The van der Waals surface area contributed by atoms with E-state index in [1.54, 1.807) is 6.07 Å². The van der Waals surface area contributed by atoms with Crippen LogP contribution in [0.1, 0.15) is 11.1 Å². The summed E-state index contributed by atoms with van der Waals surface area (Å²) in [6.07, 6.45) is 0.979. The molecule has 0 unspecified atom stereocenters. The Balaban J connectivity index is 1.83. The van der Waals surface area contributed by atoms with Gasteiger partial charge in [0, 0.05) is 17.8 Å². The monoisotopic (exact) mass is 313 g/mol. The summed E-state index contributed by atoms with van der Waals surface area (Å²) in [5.74, 6) is -0.533. The molecule has 0 saturated carbocycles. The molecule has 7 heteroatoms. The third-order valence-electron chi connectivity index (χ3n) is 2.92. The summed E-state index contributed by atoms with van der Waals surface area (Å²) in [6.45, 7) is 2.24. The number of nitro groups is 1. The molecule has 0 spiro atoms. The van der Waals surface area contributed by atoms with Gasteiger partial charge in [0.1, 0.15) is 12.8 Å². The van der Waals surface area contributed by atoms with Crippen molar-refractivity contribution in [1.82, 2.24) is 0 Å². The van der Waals surface area contributed by atoms with Gasteiger partial charge in [-0.15, -0.1) is 0 Å². The van der Waals surface area contributed by atoms with Gasteiger partial charge >= 0.3 is 0 Å². The normalized spacial score (nSPS) is 10.5. The van der Waals surface area contributed by atoms with Crippen molar-refractivity contribution < 1.29 is 14.6 Å². The standard InChI is InChI=1S/C16H15N3O4/c1-12-5-7-13(8-6-12)11-23-17-10-16(20)18-14-3-2-4-15(9-14)19(21)22/h2-10H,11H2,1H3,(H,18,20)/b17-10-. The molecular weight excluding hydrogens is 298 g/mol. The molecule has 2 aromatic carbocycles. The van der Waals surface area contributed by atoms with Crippen LogP contribution < -0.4 is 5.32 Å². The van der Waals surface area contributed by atoms with Gasteiger partial charge in [0.05, 0.1) is 4.92 Å². The predicted molar refractivity (Wildman–Crippen MR) is 86.2 cm³/mol. The summed E-state index contributed by atoms with van der Waals surface area (Å²) < 4.78 is 0. The maximum Gasteiger partial charge on any atom is 0.271 e. The topological polar surface area (TPSA) is 93.8 Å². The summed E-state index contributed by atoms with van der Waals surface area (Å²) in [5, 5.41) is 16.7. The third kappa shape index (κ3) is 5.24. The Morgan fingerprint density at radius 3 is 2.74 bits per heavy atom. The van der Waals surface area contributed by atoms with E-state index in [9.17, 15) is 14.9 Å². The van der Waals surface area contributed by atoms with Crippen LogP contribution >= 0.6 is 0 Å². The molecular formula is C16H15N3O4. The van der Waals surface area contributed by atoms with Crippen LogP contribution in [0.3, 0.4) is 0 Å². The summed E-state index contributed by atoms with van der Waals surface area (Å²) in [7, 11) is 0. The number of non-ortho nitro benzene ring substituents is 1. The molecule has 2 rings (SSSR count). The second kappa shape index (κ2) is 7.69. The minimum absolute atomic E-state index is 0.102. The van der Waals surface area contributed by atoms with Crippen LogP contribution in [-0.4, -0.2) is 17.0 Å². The number of carbonyl (C=O) groups is 1. The van der Waals surface area contributed by atoms with Crippen molar-refractivity contribution in [3.8, 4) is 0 Å². The van der Waals surface area contributed by atoms with Gasteiger partial charge in [0.25, 0.3) is 11.6 Å². The van der Waals surface area contributed by atoms with Gasteiger partial charge in [-0.25, -0.2) is 0 Å². The molecule has 1 amide bonds. The first-order chi connectivity index (χ1) is 11.0. The van der Waals surface area contributed by atoms with E-state index in [1.165, 1.54) is 18.2 Å². The number of hydrogen-bond acceptors (Lipinski definition) is 5. The molecule has 0 bridgehead atoms. The van der Waals surface area contributed by atoms with Crippen LogP contribution in [0.25, 0.3) is 0 Å².